The number of nitrogens with zero attached hydrogens (tertiary/aromatic N) is 2. The molecule has 0 spiro atoms. The second kappa shape index (κ2) is 15.4. The number of aliphatic hydroxyl groups is 1. The van der Waals surface area contributed by atoms with E-state index >= 15 is 0 Å². The second-order valence-electron chi connectivity index (χ2n) is 11.8. The summed E-state index contributed by atoms with van der Waals surface area (Å²) in [6, 6.07) is 13.8. The number of aromatic nitrogens is 2. The Balaban J connectivity index is 0.000000347. The number of rotatable bonds is 9. The van der Waals surface area contributed by atoms with Crippen molar-refractivity contribution in [1.29, 1.82) is 0 Å². The van der Waals surface area contributed by atoms with Crippen LogP contribution < -0.4 is 0 Å². The molecule has 237 valence electrons. The van der Waals surface area contributed by atoms with Crippen molar-refractivity contribution >= 4 is 49.4 Å². The van der Waals surface area contributed by atoms with Crippen molar-refractivity contribution in [2.75, 3.05) is 0 Å². The third-order valence-corrected chi connectivity index (χ3v) is 8.50. The molecular weight excluding hydrogens is 745 g/mol. The van der Waals surface area contributed by atoms with Crippen LogP contribution in [0.2, 0.25) is 0 Å². The van der Waals surface area contributed by atoms with Gasteiger partial charge in [0.15, 0.2) is 5.78 Å². The molecule has 4 heterocycles. The van der Waals surface area contributed by atoms with E-state index in [9.17, 15) is 9.90 Å². The Labute approximate surface area is 286 Å². The fraction of sp³-hybridized carbons (Fsp3) is 0.432. The van der Waals surface area contributed by atoms with Crippen LogP contribution in [0.5, 0.6) is 0 Å². The molecule has 7 heteroatoms. The van der Waals surface area contributed by atoms with Gasteiger partial charge in [-0.1, -0.05) is 65.5 Å². The molecule has 1 radical (unpaired) electrons. The number of carbonyl (C=O) groups excluding carboxylic acids is 1. The molecule has 1 N–H and O–H groups in total. The summed E-state index contributed by atoms with van der Waals surface area (Å²) in [4.78, 5) is 20.8. The molecule has 0 unspecified atom stereocenters. The molecule has 0 fully saturated rings. The summed E-state index contributed by atoms with van der Waals surface area (Å²) in [5, 5.41) is 13.1. The topological polar surface area (TPSA) is 76.2 Å². The zero-order chi connectivity index (χ0) is 35.6. The van der Waals surface area contributed by atoms with Crippen LogP contribution in [0.3, 0.4) is 0 Å². The summed E-state index contributed by atoms with van der Waals surface area (Å²) in [5.74, 6) is 0.547. The van der Waals surface area contributed by atoms with Gasteiger partial charge in [0.2, 0.25) is 5.71 Å². The summed E-state index contributed by atoms with van der Waals surface area (Å²) in [6.45, 7) is 11.4. The van der Waals surface area contributed by atoms with E-state index < -0.39 is 18.6 Å². The van der Waals surface area contributed by atoms with Crippen molar-refractivity contribution < 1.29 is 41.3 Å². The molecule has 44 heavy (non-hydrogen) atoms. The maximum absolute atomic E-state index is 11.7. The van der Waals surface area contributed by atoms with E-state index in [-0.39, 0.29) is 54.9 Å². The van der Waals surface area contributed by atoms with Crippen molar-refractivity contribution in [3.63, 3.8) is 0 Å². The van der Waals surface area contributed by atoms with Gasteiger partial charge in [0.05, 0.1) is 21.6 Å². The first-order valence-corrected chi connectivity index (χ1v) is 15.9. The average molecular weight is 795 g/mol. The Hall–Kier alpha value is -2.86. The molecule has 5 aromatic rings. The predicted octanol–water partition coefficient (Wildman–Crippen LogP) is 10.8. The van der Waals surface area contributed by atoms with Gasteiger partial charge in [0, 0.05) is 56.0 Å². The van der Waals surface area contributed by atoms with Gasteiger partial charge in [-0.2, -0.15) is 0 Å². The summed E-state index contributed by atoms with van der Waals surface area (Å²) < 4.78 is 47.2. The van der Waals surface area contributed by atoms with Gasteiger partial charge in [-0.05, 0) is 79.2 Å². The number of carbonyl (C=O) groups is 1. The number of furan rings is 1. The number of allylic oxidation sites excluding steroid dienone is 2. The summed E-state index contributed by atoms with van der Waals surface area (Å²) in [6.07, 6.45) is 3.34. The van der Waals surface area contributed by atoms with Crippen LogP contribution in [0.1, 0.15) is 92.3 Å². The van der Waals surface area contributed by atoms with E-state index in [1.807, 2.05) is 72.0 Å². The first-order valence-electron chi connectivity index (χ1n) is 17.6. The Morgan fingerprint density at radius 3 is 2.39 bits per heavy atom. The minimum absolute atomic E-state index is 0. The van der Waals surface area contributed by atoms with Gasteiger partial charge >= 0.3 is 0 Å². The van der Waals surface area contributed by atoms with Crippen molar-refractivity contribution in [3.8, 4) is 11.3 Å². The van der Waals surface area contributed by atoms with Crippen LogP contribution in [0.25, 0.3) is 43.5 Å². The van der Waals surface area contributed by atoms with Crippen LogP contribution in [0, 0.1) is 30.2 Å². The summed E-state index contributed by atoms with van der Waals surface area (Å²) in [5.41, 5.74) is 2.57. The van der Waals surface area contributed by atoms with E-state index in [4.69, 9.17) is 16.3 Å². The van der Waals surface area contributed by atoms with E-state index in [2.05, 4.69) is 11.1 Å². The van der Waals surface area contributed by atoms with Crippen molar-refractivity contribution in [1.82, 2.24) is 9.97 Å². The van der Waals surface area contributed by atoms with Crippen LogP contribution in [0.15, 0.2) is 58.0 Å². The molecule has 5 nitrogen and oxygen atoms in total. The molecule has 1 aromatic carbocycles. The third kappa shape index (κ3) is 8.24. The minimum Gasteiger partial charge on any atom is -0.512 e. The molecule has 0 bridgehead atoms. The first-order chi connectivity index (χ1) is 22.5. The van der Waals surface area contributed by atoms with Crippen molar-refractivity contribution in [3.05, 3.63) is 70.9 Å². The van der Waals surface area contributed by atoms with Crippen LogP contribution >= 0.6 is 11.3 Å². The molecule has 0 saturated heterocycles. The number of benzene rings is 1. The first kappa shape index (κ1) is 28.6. The van der Waals surface area contributed by atoms with E-state index in [0.717, 1.165) is 41.2 Å². The number of pyridine rings is 2. The van der Waals surface area contributed by atoms with Gasteiger partial charge in [-0.15, -0.1) is 29.5 Å². The smallest absolute Gasteiger partial charge is 0.216 e. The van der Waals surface area contributed by atoms with Gasteiger partial charge in [0.25, 0.3) is 0 Å². The molecule has 0 atom stereocenters. The summed E-state index contributed by atoms with van der Waals surface area (Å²) >= 11 is 1.47. The monoisotopic (exact) mass is 795 g/mol. The minimum atomic E-state index is -2.32. The Morgan fingerprint density at radius 1 is 1.05 bits per heavy atom. The number of ketones is 1. The fourth-order valence-electron chi connectivity index (χ4n) is 5.14. The molecule has 0 aliphatic rings. The Kier molecular flexibility index (Phi) is 10.0. The normalized spacial score (nSPS) is 14.5. The molecule has 0 amide bonds. The number of hydrogen-bond donors (Lipinski definition) is 1. The molecular formula is C37H45IrN2O3S-. The average Bonchev–Trinajstić information content (AvgIpc) is 3.63. The molecule has 5 rings (SSSR count). The molecule has 0 aliphatic carbocycles. The summed E-state index contributed by atoms with van der Waals surface area (Å²) in [7, 11) is 0. The molecule has 4 aromatic heterocycles. The maximum Gasteiger partial charge on any atom is 0.216 e. The SMILES string of the molecule is CCC(CC)C(=O)/C=C(\O)C(CC)CC.[2H]C([2H])([2H])c1ccc2c(n1)oc1c(-c3ccc4scc(C([2H])([2H])C(C)(C)C)c4n3)[c-]ccc12.[Ir]. The van der Waals surface area contributed by atoms with Gasteiger partial charge < -0.3 is 9.52 Å². The van der Waals surface area contributed by atoms with Crippen molar-refractivity contribution in [2.45, 2.75) is 87.4 Å². The van der Waals surface area contributed by atoms with Crippen molar-refractivity contribution in [2.24, 2.45) is 17.3 Å². The number of aryl methyl sites for hydroxylation is 1. The predicted molar refractivity (Wildman–Crippen MR) is 181 cm³/mol. The Morgan fingerprint density at radius 2 is 1.75 bits per heavy atom. The molecule has 0 saturated carbocycles. The van der Waals surface area contributed by atoms with Crippen LogP contribution in [-0.2, 0) is 31.3 Å². The van der Waals surface area contributed by atoms with Crippen LogP contribution in [-0.4, -0.2) is 20.9 Å². The zero-order valence-electron chi connectivity index (χ0n) is 31.5. The number of thiophene rings is 1. The maximum atomic E-state index is 11.7. The third-order valence-electron chi connectivity index (χ3n) is 7.56. The van der Waals surface area contributed by atoms with Crippen LogP contribution in [0.4, 0.5) is 0 Å². The quantitative estimate of drug-likeness (QED) is 0.0914. The number of fused-ring (bicyclic) bond motifs is 4. The standard InChI is InChI=1S/C24H21N2OS.C13H24O2.Ir/c1-14-8-9-17-16-6-5-7-18(22(16)27-23(17)25-14)19-10-11-20-21(26-19)15(13-28-20)12-24(2,3)4;1-5-10(6-2)12(14)9-13(15)11(7-3)8-4;/h5-6,8-11,13H,12H2,1-4H3;9-11,14H,5-8H2,1-4H3;/q-1;;/b;12-9-;/i1D3,12D2;;. The van der Waals surface area contributed by atoms with E-state index in [0.29, 0.717) is 27.9 Å². The largest absolute Gasteiger partial charge is 0.512 e. The fourth-order valence-corrected chi connectivity index (χ4v) is 5.97. The van der Waals surface area contributed by atoms with E-state index in [1.165, 1.54) is 23.5 Å². The van der Waals surface area contributed by atoms with Gasteiger partial charge in [-0.3, -0.25) is 9.78 Å². The number of hydrogen-bond acceptors (Lipinski definition) is 6. The van der Waals surface area contributed by atoms with Gasteiger partial charge in [0.1, 0.15) is 0 Å². The Bertz CT molecular complexity index is 1930. The molecule has 0 aliphatic heterocycles. The van der Waals surface area contributed by atoms with Gasteiger partial charge in [-0.25, -0.2) is 4.98 Å². The zero-order valence-corrected chi connectivity index (χ0v) is 29.7. The number of aliphatic hydroxyl groups excluding tert-OH is 1. The van der Waals surface area contributed by atoms with E-state index in [1.54, 1.807) is 12.1 Å². The second-order valence-corrected chi connectivity index (χ2v) is 12.7.